The molecule has 2 heterocycles. The molecule has 2 fully saturated rings. The van der Waals surface area contributed by atoms with Gasteiger partial charge in [0.2, 0.25) is 11.8 Å². The second-order valence-electron chi connectivity index (χ2n) is 6.96. The molecule has 2 N–H and O–H groups in total. The van der Waals surface area contributed by atoms with Gasteiger partial charge < -0.3 is 15.5 Å². The first-order valence-electron chi connectivity index (χ1n) is 9.48. The number of hydrogen-bond acceptors (Lipinski definition) is 4. The molecule has 1 aromatic rings. The second kappa shape index (κ2) is 10.7. The fraction of sp³-hybridized carbons (Fsp3) is 0.526. The van der Waals surface area contributed by atoms with Crippen LogP contribution < -0.4 is 15.5 Å². The zero-order valence-electron chi connectivity index (χ0n) is 16.3. The number of hydrogen-bond donors (Lipinski definition) is 2. The zero-order chi connectivity index (χ0) is 20.1. The van der Waals surface area contributed by atoms with Gasteiger partial charge in [0.1, 0.15) is 11.6 Å². The van der Waals surface area contributed by atoms with Crippen molar-refractivity contribution >= 4 is 47.4 Å². The van der Waals surface area contributed by atoms with Gasteiger partial charge in [0, 0.05) is 58.2 Å². The number of carbonyl (C=O) groups is 2. The van der Waals surface area contributed by atoms with Gasteiger partial charge in [0.15, 0.2) is 5.96 Å². The van der Waals surface area contributed by atoms with Crippen LogP contribution >= 0.6 is 24.0 Å². The van der Waals surface area contributed by atoms with Crippen molar-refractivity contribution in [3.8, 4) is 0 Å². The lowest BCUT2D eigenvalue weighted by molar-refractivity contribution is -0.147. The molecule has 2 aliphatic rings. The molecule has 29 heavy (non-hydrogen) atoms. The number of aliphatic imine (C=N–C) groups is 1. The third kappa shape index (κ3) is 6.00. The van der Waals surface area contributed by atoms with E-state index < -0.39 is 11.6 Å². The van der Waals surface area contributed by atoms with E-state index in [9.17, 15) is 18.4 Å². The van der Waals surface area contributed by atoms with Crippen LogP contribution in [-0.2, 0) is 9.59 Å². The lowest BCUT2D eigenvalue weighted by Crippen LogP contribution is -2.48. The average molecular weight is 521 g/mol. The molecule has 1 unspecified atom stereocenters. The first kappa shape index (κ1) is 23.3. The number of halogens is 3. The summed E-state index contributed by atoms with van der Waals surface area (Å²) in [5.41, 5.74) is 0.385. The maximum atomic E-state index is 14.0. The lowest BCUT2D eigenvalue weighted by atomic mass is 10.1. The number of anilines is 1. The third-order valence-corrected chi connectivity index (χ3v) is 5.01. The van der Waals surface area contributed by atoms with Crippen molar-refractivity contribution in [2.24, 2.45) is 4.99 Å². The smallest absolute Gasteiger partial charge is 0.229 e. The summed E-state index contributed by atoms with van der Waals surface area (Å²) in [6.07, 6.45) is 2.23. The molecule has 1 aromatic carbocycles. The monoisotopic (exact) mass is 521 g/mol. The molecule has 2 amide bonds. The summed E-state index contributed by atoms with van der Waals surface area (Å²) in [7, 11) is 1.64. The van der Waals surface area contributed by atoms with E-state index in [1.165, 1.54) is 17.0 Å². The van der Waals surface area contributed by atoms with Gasteiger partial charge in [0.05, 0.1) is 5.69 Å². The second-order valence-corrected chi connectivity index (χ2v) is 6.96. The molecule has 0 radical (unpaired) electrons. The average Bonchev–Trinajstić information content (AvgIpc) is 3.11. The summed E-state index contributed by atoms with van der Waals surface area (Å²) in [6, 6.07) is 3.64. The van der Waals surface area contributed by atoms with Crippen molar-refractivity contribution in [1.82, 2.24) is 15.5 Å². The van der Waals surface area contributed by atoms with Crippen LogP contribution in [0.3, 0.4) is 0 Å². The van der Waals surface area contributed by atoms with E-state index in [4.69, 9.17) is 0 Å². The number of rotatable bonds is 5. The Kier molecular flexibility index (Phi) is 8.60. The Morgan fingerprint density at radius 3 is 2.62 bits per heavy atom. The van der Waals surface area contributed by atoms with Gasteiger partial charge in [-0.2, -0.15) is 0 Å². The molecular weight excluding hydrogens is 495 g/mol. The molecule has 3 rings (SSSR count). The fourth-order valence-electron chi connectivity index (χ4n) is 3.56. The summed E-state index contributed by atoms with van der Waals surface area (Å²) < 4.78 is 27.1. The van der Waals surface area contributed by atoms with E-state index in [0.29, 0.717) is 57.1 Å². The Labute approximate surface area is 185 Å². The first-order chi connectivity index (χ1) is 13.5. The summed E-state index contributed by atoms with van der Waals surface area (Å²) in [5, 5.41) is 6.38. The molecular formula is C19H26F2IN5O2. The van der Waals surface area contributed by atoms with Crippen LogP contribution in [0.15, 0.2) is 23.2 Å². The highest BCUT2D eigenvalue weighted by molar-refractivity contribution is 14.0. The molecule has 0 saturated carbocycles. The largest absolute Gasteiger partial charge is 0.367 e. The molecule has 1 atom stereocenters. The number of piperidine rings is 1. The maximum absolute atomic E-state index is 14.0. The number of carbonyl (C=O) groups excluding carboxylic acids is 2. The highest BCUT2D eigenvalue weighted by atomic mass is 127. The molecule has 0 aromatic heterocycles. The number of likely N-dealkylation sites (tertiary alicyclic amines) is 1. The Bertz CT molecular complexity index is 761. The predicted molar refractivity (Wildman–Crippen MR) is 117 cm³/mol. The van der Waals surface area contributed by atoms with Gasteiger partial charge in [-0.05, 0) is 25.0 Å². The number of benzene rings is 1. The highest BCUT2D eigenvalue weighted by Gasteiger charge is 2.27. The molecule has 2 saturated heterocycles. The zero-order valence-corrected chi connectivity index (χ0v) is 18.6. The van der Waals surface area contributed by atoms with E-state index in [0.717, 1.165) is 12.5 Å². The van der Waals surface area contributed by atoms with Crippen LogP contribution in [0.1, 0.15) is 25.7 Å². The minimum Gasteiger partial charge on any atom is -0.367 e. The maximum Gasteiger partial charge on any atom is 0.229 e. The van der Waals surface area contributed by atoms with Crippen molar-refractivity contribution in [2.75, 3.05) is 38.1 Å². The summed E-state index contributed by atoms with van der Waals surface area (Å²) in [4.78, 5) is 31.0. The molecule has 10 heteroatoms. The van der Waals surface area contributed by atoms with Crippen LogP contribution in [0.25, 0.3) is 0 Å². The van der Waals surface area contributed by atoms with E-state index in [1.807, 2.05) is 4.90 Å². The number of nitrogens with zero attached hydrogens (tertiary/aromatic N) is 3. The van der Waals surface area contributed by atoms with Gasteiger partial charge in [-0.1, -0.05) is 0 Å². The number of guanidine groups is 1. The summed E-state index contributed by atoms with van der Waals surface area (Å²) in [5.74, 6) is -0.865. The minimum absolute atomic E-state index is 0. The van der Waals surface area contributed by atoms with Gasteiger partial charge in [-0.15, -0.1) is 24.0 Å². The third-order valence-electron chi connectivity index (χ3n) is 5.01. The van der Waals surface area contributed by atoms with Crippen LogP contribution in [0.2, 0.25) is 0 Å². The topological polar surface area (TPSA) is 77.0 Å². The van der Waals surface area contributed by atoms with Crippen LogP contribution in [-0.4, -0.2) is 61.9 Å². The van der Waals surface area contributed by atoms with Gasteiger partial charge in [0.25, 0.3) is 0 Å². The molecule has 0 spiro atoms. The van der Waals surface area contributed by atoms with Crippen molar-refractivity contribution in [1.29, 1.82) is 0 Å². The van der Waals surface area contributed by atoms with Gasteiger partial charge in [-0.3, -0.25) is 19.5 Å². The lowest BCUT2D eigenvalue weighted by Gasteiger charge is -2.25. The highest BCUT2D eigenvalue weighted by Crippen LogP contribution is 2.24. The van der Waals surface area contributed by atoms with Crippen LogP contribution in [0.5, 0.6) is 0 Å². The Morgan fingerprint density at radius 2 is 1.97 bits per heavy atom. The minimum atomic E-state index is -0.592. The SMILES string of the molecule is CN=C(NCCN1C(=O)CCCC1=O)NC1CCN(c2ccc(F)cc2F)C1.I. The predicted octanol–water partition coefficient (Wildman–Crippen LogP) is 1.87. The van der Waals surface area contributed by atoms with Crippen LogP contribution in [0.4, 0.5) is 14.5 Å². The molecule has 0 aliphatic carbocycles. The quantitative estimate of drug-likeness (QED) is 0.268. The Balaban J connectivity index is 0.00000300. The standard InChI is InChI=1S/C19H25F2N5O2.HI/c1-22-19(23-8-10-26-17(27)3-2-4-18(26)28)24-14-7-9-25(12-14)16-6-5-13(20)11-15(16)21;/h5-6,11,14H,2-4,7-10,12H2,1H3,(H2,22,23,24);1H. The number of imide groups is 1. The molecule has 7 nitrogen and oxygen atoms in total. The van der Waals surface area contributed by atoms with Crippen molar-refractivity contribution in [3.05, 3.63) is 29.8 Å². The van der Waals surface area contributed by atoms with Crippen LogP contribution in [0, 0.1) is 11.6 Å². The van der Waals surface area contributed by atoms with E-state index in [1.54, 1.807) is 7.05 Å². The van der Waals surface area contributed by atoms with Gasteiger partial charge in [-0.25, -0.2) is 8.78 Å². The fourth-order valence-corrected chi connectivity index (χ4v) is 3.56. The molecule has 0 bridgehead atoms. The number of nitrogens with one attached hydrogen (secondary N) is 2. The van der Waals surface area contributed by atoms with E-state index >= 15 is 0 Å². The molecule has 160 valence electrons. The normalized spacial score (nSPS) is 20.0. The Morgan fingerprint density at radius 1 is 1.24 bits per heavy atom. The molecule has 2 aliphatic heterocycles. The number of amides is 2. The summed E-state index contributed by atoms with van der Waals surface area (Å²) >= 11 is 0. The van der Waals surface area contributed by atoms with Gasteiger partial charge >= 0.3 is 0 Å². The van der Waals surface area contributed by atoms with E-state index in [2.05, 4.69) is 15.6 Å². The van der Waals surface area contributed by atoms with E-state index in [-0.39, 0.29) is 41.8 Å². The van der Waals surface area contributed by atoms with Crippen molar-refractivity contribution in [2.45, 2.75) is 31.7 Å². The first-order valence-corrected chi connectivity index (χ1v) is 9.48. The Hall–Kier alpha value is -1.98. The van der Waals surface area contributed by atoms with Crippen molar-refractivity contribution < 1.29 is 18.4 Å². The summed E-state index contributed by atoms with van der Waals surface area (Å²) in [6.45, 7) is 1.91. The van der Waals surface area contributed by atoms with Crippen molar-refractivity contribution in [3.63, 3.8) is 0 Å².